The molecular weight excluding hydrogens is 374 g/mol. The van der Waals surface area contributed by atoms with Crippen LogP contribution in [-0.4, -0.2) is 46.0 Å². The Balaban J connectivity index is 2.42. The van der Waals surface area contributed by atoms with E-state index in [1.807, 2.05) is 19.2 Å². The van der Waals surface area contributed by atoms with E-state index < -0.39 is 34.0 Å². The first-order chi connectivity index (χ1) is 12.6. The Bertz CT molecular complexity index is 807. The molecule has 1 aromatic carbocycles. The molecule has 0 saturated carbocycles. The van der Waals surface area contributed by atoms with Gasteiger partial charge in [0.15, 0.2) is 6.10 Å². The second-order valence-corrected chi connectivity index (χ2v) is 7.71. The van der Waals surface area contributed by atoms with E-state index in [9.17, 15) is 22.8 Å². The molecule has 0 fully saturated rings. The molecule has 1 rings (SSSR count). The number of carbonyl (C=O) groups is 3. The molecule has 9 nitrogen and oxygen atoms in total. The Kier molecular flexibility index (Phi) is 8.38. The second-order valence-electron chi connectivity index (χ2n) is 5.95. The van der Waals surface area contributed by atoms with E-state index in [1.54, 1.807) is 12.1 Å². The van der Waals surface area contributed by atoms with Gasteiger partial charge >= 0.3 is 12.0 Å². The van der Waals surface area contributed by atoms with Gasteiger partial charge in [-0.3, -0.25) is 14.9 Å². The van der Waals surface area contributed by atoms with Crippen molar-refractivity contribution >= 4 is 27.9 Å². The number of aryl methyl sites for hydroxylation is 2. The molecule has 0 bridgehead atoms. The monoisotopic (exact) mass is 399 g/mol. The second kappa shape index (κ2) is 10.0. The van der Waals surface area contributed by atoms with Crippen molar-refractivity contribution in [3.05, 3.63) is 29.3 Å². The summed E-state index contributed by atoms with van der Waals surface area (Å²) in [6.07, 6.45) is -1.01. The quantitative estimate of drug-likeness (QED) is 0.437. The van der Waals surface area contributed by atoms with Crippen molar-refractivity contribution in [3.8, 4) is 0 Å². The summed E-state index contributed by atoms with van der Waals surface area (Å²) in [6, 6.07) is 4.13. The number of amides is 3. The zero-order chi connectivity index (χ0) is 20.6. The van der Waals surface area contributed by atoms with Gasteiger partial charge in [0.1, 0.15) is 0 Å². The first-order valence-corrected chi connectivity index (χ1v) is 9.84. The lowest BCUT2D eigenvalue weighted by Crippen LogP contribution is -2.43. The third kappa shape index (κ3) is 7.35. The molecule has 0 aliphatic rings. The predicted octanol–water partition coefficient (Wildman–Crippen LogP) is 0.749. The number of esters is 1. The molecule has 0 saturated heterocycles. The average molecular weight is 399 g/mol. The average Bonchev–Trinajstić information content (AvgIpc) is 2.60. The molecule has 0 radical (unpaired) electrons. The molecule has 0 heterocycles. The lowest BCUT2D eigenvalue weighted by atomic mass is 10.1. The Morgan fingerprint density at radius 3 is 2.41 bits per heavy atom. The molecule has 1 atom stereocenters. The third-order valence-electron chi connectivity index (χ3n) is 3.78. The predicted molar refractivity (Wildman–Crippen MR) is 98.5 cm³/mol. The van der Waals surface area contributed by atoms with E-state index >= 15 is 0 Å². The van der Waals surface area contributed by atoms with Crippen LogP contribution in [0.1, 0.15) is 30.9 Å². The van der Waals surface area contributed by atoms with Crippen LogP contribution in [0.4, 0.5) is 4.79 Å². The smallest absolute Gasteiger partial charge is 0.321 e. The topological polar surface area (TPSA) is 131 Å². The number of benzene rings is 1. The summed E-state index contributed by atoms with van der Waals surface area (Å²) in [5, 5.41) is 4.19. The molecule has 3 amide bonds. The van der Waals surface area contributed by atoms with Gasteiger partial charge in [0.05, 0.1) is 4.90 Å². The minimum Gasteiger partial charge on any atom is -0.453 e. The van der Waals surface area contributed by atoms with Crippen LogP contribution in [0.25, 0.3) is 0 Å². The fourth-order valence-corrected chi connectivity index (χ4v) is 3.15. The number of ether oxygens (including phenoxy) is 1. The van der Waals surface area contributed by atoms with E-state index in [4.69, 9.17) is 4.74 Å². The number of hydrogen-bond acceptors (Lipinski definition) is 6. The summed E-state index contributed by atoms with van der Waals surface area (Å²) in [7, 11) is -2.32. The zero-order valence-corrected chi connectivity index (χ0v) is 16.6. The number of rotatable bonds is 8. The molecule has 10 heteroatoms. The van der Waals surface area contributed by atoms with Gasteiger partial charge in [0.2, 0.25) is 10.0 Å². The van der Waals surface area contributed by atoms with Crippen LogP contribution >= 0.6 is 0 Å². The van der Waals surface area contributed by atoms with Gasteiger partial charge in [-0.2, -0.15) is 0 Å². The molecule has 150 valence electrons. The maximum atomic E-state index is 12.2. The van der Waals surface area contributed by atoms with Gasteiger partial charge in [0.25, 0.3) is 5.91 Å². The summed E-state index contributed by atoms with van der Waals surface area (Å²) in [6.45, 7) is 5.09. The third-order valence-corrected chi connectivity index (χ3v) is 5.24. The minimum absolute atomic E-state index is 0.0448. The number of imide groups is 1. The summed E-state index contributed by atoms with van der Waals surface area (Å²) >= 11 is 0. The molecule has 0 aliphatic heterocycles. The lowest BCUT2D eigenvalue weighted by molar-refractivity contribution is -0.154. The fraction of sp³-hybridized carbons (Fsp3) is 0.471. The summed E-state index contributed by atoms with van der Waals surface area (Å²) in [4.78, 5) is 34.5. The largest absolute Gasteiger partial charge is 0.453 e. The van der Waals surface area contributed by atoms with Crippen LogP contribution in [0.5, 0.6) is 0 Å². The highest BCUT2D eigenvalue weighted by Gasteiger charge is 2.19. The van der Waals surface area contributed by atoms with Gasteiger partial charge in [-0.25, -0.2) is 17.9 Å². The van der Waals surface area contributed by atoms with Crippen molar-refractivity contribution in [1.29, 1.82) is 0 Å². The van der Waals surface area contributed by atoms with Crippen LogP contribution in [-0.2, 0) is 24.3 Å². The first kappa shape index (κ1) is 22.6. The van der Waals surface area contributed by atoms with Crippen molar-refractivity contribution in [3.63, 3.8) is 0 Å². The van der Waals surface area contributed by atoms with Crippen molar-refractivity contribution < 1.29 is 27.5 Å². The van der Waals surface area contributed by atoms with Crippen molar-refractivity contribution in [2.24, 2.45) is 0 Å². The van der Waals surface area contributed by atoms with Crippen molar-refractivity contribution in [2.75, 3.05) is 13.6 Å². The molecular formula is C17H25N3O6S. The SMILES string of the molecule is CNC(=O)NC(=O)[C@H](C)OC(=O)CCCNS(=O)(=O)c1ccc(C)c(C)c1. The maximum absolute atomic E-state index is 12.2. The molecule has 0 unspecified atom stereocenters. The minimum atomic E-state index is -3.66. The molecule has 0 aromatic heterocycles. The van der Waals surface area contributed by atoms with Gasteiger partial charge in [-0.05, 0) is 50.5 Å². The zero-order valence-electron chi connectivity index (χ0n) is 15.8. The number of nitrogens with one attached hydrogen (secondary N) is 3. The lowest BCUT2D eigenvalue weighted by Gasteiger charge is -2.13. The van der Waals surface area contributed by atoms with E-state index in [2.05, 4.69) is 10.0 Å². The van der Waals surface area contributed by atoms with Gasteiger partial charge in [-0.1, -0.05) is 6.07 Å². The van der Waals surface area contributed by atoms with Gasteiger partial charge in [0, 0.05) is 20.0 Å². The number of hydrogen-bond donors (Lipinski definition) is 3. The molecule has 27 heavy (non-hydrogen) atoms. The normalized spacial score (nSPS) is 12.1. The van der Waals surface area contributed by atoms with Crippen LogP contribution in [0.15, 0.2) is 23.1 Å². The van der Waals surface area contributed by atoms with Crippen LogP contribution in [0, 0.1) is 13.8 Å². The van der Waals surface area contributed by atoms with E-state index in [-0.39, 0.29) is 24.3 Å². The number of sulfonamides is 1. The van der Waals surface area contributed by atoms with Crippen LogP contribution in [0.2, 0.25) is 0 Å². The summed E-state index contributed by atoms with van der Waals surface area (Å²) in [5.74, 6) is -1.42. The highest BCUT2D eigenvalue weighted by atomic mass is 32.2. The summed E-state index contributed by atoms with van der Waals surface area (Å²) in [5.41, 5.74) is 1.86. The fourth-order valence-electron chi connectivity index (χ4n) is 1.99. The summed E-state index contributed by atoms with van der Waals surface area (Å²) < 4.78 is 31.8. The van der Waals surface area contributed by atoms with Gasteiger partial charge < -0.3 is 10.1 Å². The van der Waals surface area contributed by atoms with E-state index in [1.165, 1.54) is 20.0 Å². The Hall–Kier alpha value is -2.46. The van der Waals surface area contributed by atoms with Crippen molar-refractivity contribution in [1.82, 2.24) is 15.4 Å². The molecule has 0 spiro atoms. The highest BCUT2D eigenvalue weighted by molar-refractivity contribution is 7.89. The van der Waals surface area contributed by atoms with Crippen LogP contribution in [0.3, 0.4) is 0 Å². The number of carbonyl (C=O) groups excluding carboxylic acids is 3. The molecule has 0 aliphatic carbocycles. The first-order valence-electron chi connectivity index (χ1n) is 8.35. The number of urea groups is 1. The Morgan fingerprint density at radius 1 is 1.15 bits per heavy atom. The van der Waals surface area contributed by atoms with E-state index in [0.29, 0.717) is 0 Å². The Morgan fingerprint density at radius 2 is 1.81 bits per heavy atom. The van der Waals surface area contributed by atoms with Gasteiger partial charge in [-0.15, -0.1) is 0 Å². The Labute approximate surface area is 158 Å². The molecule has 1 aromatic rings. The molecule has 3 N–H and O–H groups in total. The standard InChI is InChI=1S/C17H25N3O6S/c1-11-7-8-14(10-12(11)2)27(24,25)19-9-5-6-15(21)26-13(3)16(22)20-17(23)18-4/h7-8,10,13,19H,5-6,9H2,1-4H3,(H2,18,20,22,23)/t13-/m0/s1. The van der Waals surface area contributed by atoms with Crippen LogP contribution < -0.4 is 15.4 Å². The van der Waals surface area contributed by atoms with E-state index in [0.717, 1.165) is 11.1 Å². The van der Waals surface area contributed by atoms with Crippen molar-refractivity contribution in [2.45, 2.75) is 44.6 Å². The highest BCUT2D eigenvalue weighted by Crippen LogP contribution is 2.14. The maximum Gasteiger partial charge on any atom is 0.321 e.